The van der Waals surface area contributed by atoms with Gasteiger partial charge in [-0.15, -0.1) is 0 Å². The predicted molar refractivity (Wildman–Crippen MR) is 93.5 cm³/mol. The highest BCUT2D eigenvalue weighted by atomic mass is 35.5. The fourth-order valence-electron chi connectivity index (χ4n) is 2.83. The molecular formula is C17H15ClF2N2O3S. The van der Waals surface area contributed by atoms with Crippen LogP contribution in [0.25, 0.3) is 0 Å². The van der Waals surface area contributed by atoms with Gasteiger partial charge in [0.25, 0.3) is 0 Å². The Morgan fingerprint density at radius 1 is 1.08 bits per heavy atom. The first-order valence-electron chi connectivity index (χ1n) is 7.75. The molecule has 3 rings (SSSR count). The van der Waals surface area contributed by atoms with Gasteiger partial charge >= 0.3 is 0 Å². The molecular weight excluding hydrogens is 386 g/mol. The first kappa shape index (κ1) is 18.8. The number of piperazine rings is 1. The molecule has 1 heterocycles. The van der Waals surface area contributed by atoms with Crippen LogP contribution in [0.3, 0.4) is 0 Å². The summed E-state index contributed by atoms with van der Waals surface area (Å²) in [7, 11) is -3.95. The lowest BCUT2D eigenvalue weighted by atomic mass is 10.2. The SMILES string of the molecule is CC1C(=O)N(c2ccc(F)c(Cl)c2)CCN1S(=O)(=O)c1ccc(F)cc1. The van der Waals surface area contributed by atoms with E-state index in [4.69, 9.17) is 11.6 Å². The van der Waals surface area contributed by atoms with Crippen LogP contribution in [0.15, 0.2) is 47.4 Å². The van der Waals surface area contributed by atoms with Crippen LogP contribution in [0, 0.1) is 11.6 Å². The Kier molecular flexibility index (Phi) is 5.01. The zero-order valence-corrected chi connectivity index (χ0v) is 15.3. The molecule has 0 aliphatic carbocycles. The highest BCUT2D eigenvalue weighted by Crippen LogP contribution is 2.28. The molecule has 9 heteroatoms. The maximum Gasteiger partial charge on any atom is 0.245 e. The smallest absolute Gasteiger partial charge is 0.245 e. The summed E-state index contributed by atoms with van der Waals surface area (Å²) >= 11 is 5.76. The summed E-state index contributed by atoms with van der Waals surface area (Å²) in [6.45, 7) is 1.61. The number of halogens is 3. The summed E-state index contributed by atoms with van der Waals surface area (Å²) in [6.07, 6.45) is 0. The third-order valence-corrected chi connectivity index (χ3v) is 6.51. The molecule has 0 N–H and O–H groups in total. The van der Waals surface area contributed by atoms with Crippen molar-refractivity contribution in [3.63, 3.8) is 0 Å². The molecule has 0 bridgehead atoms. The van der Waals surface area contributed by atoms with Crippen LogP contribution in [0.5, 0.6) is 0 Å². The number of rotatable bonds is 3. The number of carbonyl (C=O) groups is 1. The molecule has 1 aliphatic heterocycles. The zero-order chi connectivity index (χ0) is 19.1. The number of amides is 1. The quantitative estimate of drug-likeness (QED) is 0.795. The van der Waals surface area contributed by atoms with E-state index in [9.17, 15) is 22.0 Å². The predicted octanol–water partition coefficient (Wildman–Crippen LogP) is 3.04. The second-order valence-electron chi connectivity index (χ2n) is 5.83. The molecule has 0 spiro atoms. The summed E-state index contributed by atoms with van der Waals surface area (Å²) in [5.74, 6) is -1.61. The topological polar surface area (TPSA) is 57.7 Å². The van der Waals surface area contributed by atoms with Gasteiger partial charge in [0.15, 0.2) is 0 Å². The number of sulfonamides is 1. The molecule has 1 saturated heterocycles. The van der Waals surface area contributed by atoms with Crippen LogP contribution in [-0.2, 0) is 14.8 Å². The van der Waals surface area contributed by atoms with Gasteiger partial charge in [0.1, 0.15) is 17.7 Å². The maximum atomic E-state index is 13.3. The molecule has 1 atom stereocenters. The van der Waals surface area contributed by atoms with E-state index >= 15 is 0 Å². The molecule has 2 aromatic carbocycles. The Bertz CT molecular complexity index is 951. The fourth-order valence-corrected chi connectivity index (χ4v) is 4.58. The van der Waals surface area contributed by atoms with Crippen molar-refractivity contribution in [1.82, 2.24) is 4.31 Å². The maximum absolute atomic E-state index is 13.3. The summed E-state index contributed by atoms with van der Waals surface area (Å²) < 4.78 is 53.0. The molecule has 1 fully saturated rings. The van der Waals surface area contributed by atoms with Gasteiger partial charge in [-0.2, -0.15) is 4.31 Å². The Hall–Kier alpha value is -2.03. The lowest BCUT2D eigenvalue weighted by molar-refractivity contribution is -0.123. The largest absolute Gasteiger partial charge is 0.310 e. The van der Waals surface area contributed by atoms with Crippen LogP contribution in [0.1, 0.15) is 6.92 Å². The average Bonchev–Trinajstić information content (AvgIpc) is 2.60. The monoisotopic (exact) mass is 400 g/mol. The summed E-state index contributed by atoms with van der Waals surface area (Å²) in [6, 6.07) is 7.34. The summed E-state index contributed by atoms with van der Waals surface area (Å²) in [4.78, 5) is 14.0. The van der Waals surface area contributed by atoms with Crippen LogP contribution in [0.4, 0.5) is 14.5 Å². The van der Waals surface area contributed by atoms with Gasteiger partial charge in [-0.1, -0.05) is 11.6 Å². The number of hydrogen-bond donors (Lipinski definition) is 0. The highest BCUT2D eigenvalue weighted by Gasteiger charge is 2.39. The standard InChI is InChI=1S/C17H15ClF2N2O3S/c1-11-17(23)21(13-4-7-16(20)15(18)10-13)8-9-22(11)26(24,25)14-5-2-12(19)3-6-14/h2-7,10-11H,8-9H2,1H3. The number of benzene rings is 2. The third-order valence-electron chi connectivity index (χ3n) is 4.23. The number of hydrogen-bond acceptors (Lipinski definition) is 3. The Morgan fingerprint density at radius 3 is 2.35 bits per heavy atom. The summed E-state index contributed by atoms with van der Waals surface area (Å²) in [5.41, 5.74) is 0.395. The molecule has 0 saturated carbocycles. The number of anilines is 1. The summed E-state index contributed by atoms with van der Waals surface area (Å²) in [5, 5.41) is -0.121. The van der Waals surface area contributed by atoms with E-state index in [1.165, 1.54) is 24.0 Å². The van der Waals surface area contributed by atoms with Crippen molar-refractivity contribution in [2.75, 3.05) is 18.0 Å². The molecule has 0 aromatic heterocycles. The van der Waals surface area contributed by atoms with Crippen LogP contribution in [-0.4, -0.2) is 37.8 Å². The molecule has 138 valence electrons. The molecule has 2 aromatic rings. The lowest BCUT2D eigenvalue weighted by Crippen LogP contribution is -2.57. The first-order chi connectivity index (χ1) is 12.2. The van der Waals surface area contributed by atoms with Crippen LogP contribution in [0.2, 0.25) is 5.02 Å². The van der Waals surface area contributed by atoms with Gasteiger partial charge in [-0.3, -0.25) is 4.79 Å². The van der Waals surface area contributed by atoms with Gasteiger partial charge in [-0.05, 0) is 49.4 Å². The molecule has 1 unspecified atom stereocenters. The fraction of sp³-hybridized carbons (Fsp3) is 0.235. The number of nitrogens with zero attached hydrogens (tertiary/aromatic N) is 2. The Morgan fingerprint density at radius 2 is 1.73 bits per heavy atom. The van der Waals surface area contributed by atoms with E-state index in [1.54, 1.807) is 0 Å². The van der Waals surface area contributed by atoms with Crippen molar-refractivity contribution in [2.24, 2.45) is 0 Å². The zero-order valence-electron chi connectivity index (χ0n) is 13.7. The molecule has 1 aliphatic rings. The van der Waals surface area contributed by atoms with E-state index in [1.807, 2.05) is 0 Å². The van der Waals surface area contributed by atoms with E-state index in [-0.39, 0.29) is 23.0 Å². The third kappa shape index (κ3) is 3.32. The second-order valence-corrected chi connectivity index (χ2v) is 8.13. The van der Waals surface area contributed by atoms with Crippen molar-refractivity contribution in [2.45, 2.75) is 17.9 Å². The minimum absolute atomic E-state index is 0.0433. The van der Waals surface area contributed by atoms with E-state index < -0.39 is 33.6 Å². The van der Waals surface area contributed by atoms with E-state index in [0.29, 0.717) is 5.69 Å². The number of carbonyl (C=O) groups excluding carboxylic acids is 1. The van der Waals surface area contributed by atoms with E-state index in [0.717, 1.165) is 34.6 Å². The Balaban J connectivity index is 1.87. The lowest BCUT2D eigenvalue weighted by Gasteiger charge is -2.38. The van der Waals surface area contributed by atoms with Crippen molar-refractivity contribution in [3.05, 3.63) is 59.1 Å². The van der Waals surface area contributed by atoms with Gasteiger partial charge in [0, 0.05) is 18.8 Å². The van der Waals surface area contributed by atoms with Gasteiger partial charge in [0.2, 0.25) is 15.9 Å². The van der Waals surface area contributed by atoms with Crippen LogP contribution < -0.4 is 4.90 Å². The minimum Gasteiger partial charge on any atom is -0.310 e. The minimum atomic E-state index is -3.95. The van der Waals surface area contributed by atoms with E-state index in [2.05, 4.69) is 0 Å². The molecule has 5 nitrogen and oxygen atoms in total. The van der Waals surface area contributed by atoms with Crippen molar-refractivity contribution < 1.29 is 22.0 Å². The van der Waals surface area contributed by atoms with Crippen molar-refractivity contribution >= 4 is 33.2 Å². The van der Waals surface area contributed by atoms with Crippen molar-refractivity contribution in [3.8, 4) is 0 Å². The normalized spacial score (nSPS) is 19.0. The molecule has 26 heavy (non-hydrogen) atoms. The Labute approximate surface area is 154 Å². The van der Waals surface area contributed by atoms with Gasteiger partial charge in [0.05, 0.1) is 9.92 Å². The molecule has 1 amide bonds. The second kappa shape index (κ2) is 6.94. The van der Waals surface area contributed by atoms with Gasteiger partial charge in [-0.25, -0.2) is 17.2 Å². The average molecular weight is 401 g/mol. The van der Waals surface area contributed by atoms with Gasteiger partial charge < -0.3 is 4.90 Å². The first-order valence-corrected chi connectivity index (χ1v) is 9.57. The van der Waals surface area contributed by atoms with Crippen molar-refractivity contribution in [1.29, 1.82) is 0 Å². The molecule has 0 radical (unpaired) electrons. The highest BCUT2D eigenvalue weighted by molar-refractivity contribution is 7.89. The van der Waals surface area contributed by atoms with Crippen LogP contribution >= 0.6 is 11.6 Å².